The van der Waals surface area contributed by atoms with Crippen LogP contribution in [-0.2, 0) is 13.1 Å². The zero-order valence-corrected chi connectivity index (χ0v) is 8.33. The average molecular weight is 167 g/mol. The van der Waals surface area contributed by atoms with Crippen molar-refractivity contribution in [3.05, 3.63) is 18.7 Å². The van der Waals surface area contributed by atoms with Crippen LogP contribution >= 0.6 is 0 Å². The van der Waals surface area contributed by atoms with Crippen LogP contribution in [0.5, 0.6) is 0 Å². The largest absolute Gasteiger partial charge is 0.243 e. The van der Waals surface area contributed by atoms with Gasteiger partial charge in [0.1, 0.15) is 12.4 Å². The van der Waals surface area contributed by atoms with E-state index in [-0.39, 0.29) is 0 Å². The number of hydrogen-bond donors (Lipinski definition) is 0. The lowest BCUT2D eigenvalue weighted by atomic mass is 10.1. The molecule has 2 heteroatoms. The molecule has 1 unspecified atom stereocenters. The smallest absolute Gasteiger partial charge is 0.237 e. The van der Waals surface area contributed by atoms with Crippen LogP contribution in [-0.4, -0.2) is 4.57 Å². The number of aryl methyl sites for hydroxylation is 1. The second-order valence-electron chi connectivity index (χ2n) is 3.45. The Hall–Kier alpha value is -0.790. The Morgan fingerprint density at radius 1 is 1.42 bits per heavy atom. The highest BCUT2D eigenvalue weighted by molar-refractivity contribution is 4.64. The Bertz CT molecular complexity index is 227. The van der Waals surface area contributed by atoms with Crippen LogP contribution in [0.4, 0.5) is 0 Å². The number of hydrogen-bond acceptors (Lipinski definition) is 0. The second kappa shape index (κ2) is 4.29. The third-order valence-corrected chi connectivity index (χ3v) is 2.33. The van der Waals surface area contributed by atoms with Gasteiger partial charge in [0.15, 0.2) is 0 Å². The zero-order valence-electron chi connectivity index (χ0n) is 8.33. The van der Waals surface area contributed by atoms with Crippen LogP contribution < -0.4 is 4.57 Å². The van der Waals surface area contributed by atoms with Crippen molar-refractivity contribution < 1.29 is 4.57 Å². The van der Waals surface area contributed by atoms with E-state index in [4.69, 9.17) is 0 Å². The molecule has 0 fully saturated rings. The molecule has 1 aromatic rings. The molecule has 1 aromatic heterocycles. The van der Waals surface area contributed by atoms with Gasteiger partial charge >= 0.3 is 0 Å². The minimum atomic E-state index is 0.780. The highest BCUT2D eigenvalue weighted by Gasteiger charge is 2.05. The van der Waals surface area contributed by atoms with E-state index in [9.17, 15) is 0 Å². The third kappa shape index (κ3) is 2.36. The van der Waals surface area contributed by atoms with E-state index < -0.39 is 0 Å². The van der Waals surface area contributed by atoms with Gasteiger partial charge in [0, 0.05) is 0 Å². The van der Waals surface area contributed by atoms with Gasteiger partial charge in [-0.3, -0.25) is 0 Å². The molecule has 0 radical (unpaired) electrons. The quantitative estimate of drug-likeness (QED) is 0.605. The molecule has 0 saturated heterocycles. The van der Waals surface area contributed by atoms with Crippen LogP contribution in [0.15, 0.2) is 18.7 Å². The second-order valence-corrected chi connectivity index (χ2v) is 3.45. The zero-order chi connectivity index (χ0) is 8.97. The summed E-state index contributed by atoms with van der Waals surface area (Å²) in [5, 5.41) is 0. The number of aromatic nitrogens is 2. The topological polar surface area (TPSA) is 8.81 Å². The molecular formula is C10H19N2+. The van der Waals surface area contributed by atoms with E-state index >= 15 is 0 Å². The maximum atomic E-state index is 2.29. The summed E-state index contributed by atoms with van der Waals surface area (Å²) in [6, 6.07) is 0. The first-order chi connectivity index (χ1) is 5.76. The molecule has 1 heterocycles. The normalized spacial score (nSPS) is 13.2. The summed E-state index contributed by atoms with van der Waals surface area (Å²) in [6.45, 7) is 8.89. The molecule has 0 aliphatic rings. The molecule has 0 saturated carbocycles. The molecule has 0 spiro atoms. The molecule has 0 aromatic carbocycles. The fourth-order valence-electron chi connectivity index (χ4n) is 1.22. The van der Waals surface area contributed by atoms with E-state index in [1.165, 1.54) is 6.42 Å². The van der Waals surface area contributed by atoms with Gasteiger partial charge in [0.05, 0.1) is 13.1 Å². The van der Waals surface area contributed by atoms with Crippen LogP contribution in [0, 0.1) is 5.92 Å². The first kappa shape index (κ1) is 9.30. The van der Waals surface area contributed by atoms with E-state index in [0.717, 1.165) is 19.0 Å². The summed E-state index contributed by atoms with van der Waals surface area (Å²) in [5.74, 6) is 0.780. The van der Waals surface area contributed by atoms with E-state index in [1.807, 2.05) is 0 Å². The van der Waals surface area contributed by atoms with Crippen LogP contribution in [0.2, 0.25) is 0 Å². The van der Waals surface area contributed by atoms with Crippen molar-refractivity contribution in [3.63, 3.8) is 0 Å². The summed E-state index contributed by atoms with van der Waals surface area (Å²) in [6.07, 6.45) is 7.70. The first-order valence-electron chi connectivity index (χ1n) is 4.81. The van der Waals surface area contributed by atoms with Gasteiger partial charge in [-0.05, 0) is 19.3 Å². The molecule has 0 amide bonds. The maximum absolute atomic E-state index is 2.29. The number of imidazole rings is 1. The third-order valence-electron chi connectivity index (χ3n) is 2.33. The van der Waals surface area contributed by atoms with Crippen molar-refractivity contribution in [1.29, 1.82) is 0 Å². The predicted molar refractivity (Wildman–Crippen MR) is 49.8 cm³/mol. The highest BCUT2D eigenvalue weighted by atomic mass is 15.1. The first-order valence-corrected chi connectivity index (χ1v) is 4.81. The molecule has 0 aliphatic heterocycles. The highest BCUT2D eigenvalue weighted by Crippen LogP contribution is 1.99. The van der Waals surface area contributed by atoms with Crippen molar-refractivity contribution in [2.75, 3.05) is 0 Å². The monoisotopic (exact) mass is 167 g/mol. The van der Waals surface area contributed by atoms with Gasteiger partial charge < -0.3 is 0 Å². The summed E-state index contributed by atoms with van der Waals surface area (Å²) in [5.41, 5.74) is 0. The molecule has 1 atom stereocenters. The summed E-state index contributed by atoms with van der Waals surface area (Å²) >= 11 is 0. The Kier molecular flexibility index (Phi) is 3.32. The average Bonchev–Trinajstić information content (AvgIpc) is 2.52. The Balaban J connectivity index is 2.52. The van der Waals surface area contributed by atoms with Crippen LogP contribution in [0.1, 0.15) is 27.2 Å². The molecule has 68 valence electrons. The van der Waals surface area contributed by atoms with Gasteiger partial charge in [-0.15, -0.1) is 0 Å². The van der Waals surface area contributed by atoms with Gasteiger partial charge in [-0.1, -0.05) is 13.8 Å². The Morgan fingerprint density at radius 2 is 2.17 bits per heavy atom. The Morgan fingerprint density at radius 3 is 2.67 bits per heavy atom. The van der Waals surface area contributed by atoms with Gasteiger partial charge in [0.25, 0.3) is 0 Å². The molecule has 0 N–H and O–H groups in total. The number of nitrogens with zero attached hydrogens (tertiary/aromatic N) is 2. The molecule has 12 heavy (non-hydrogen) atoms. The van der Waals surface area contributed by atoms with Gasteiger partial charge in [0.2, 0.25) is 6.33 Å². The van der Waals surface area contributed by atoms with Crippen molar-refractivity contribution in [2.24, 2.45) is 5.92 Å². The summed E-state index contributed by atoms with van der Waals surface area (Å²) in [7, 11) is 0. The van der Waals surface area contributed by atoms with Gasteiger partial charge in [-0.2, -0.15) is 0 Å². The lowest BCUT2D eigenvalue weighted by Gasteiger charge is -2.03. The summed E-state index contributed by atoms with van der Waals surface area (Å²) < 4.78 is 4.46. The lowest BCUT2D eigenvalue weighted by Crippen LogP contribution is -2.34. The fourth-order valence-corrected chi connectivity index (χ4v) is 1.22. The van der Waals surface area contributed by atoms with Crippen molar-refractivity contribution in [1.82, 2.24) is 4.57 Å². The Labute approximate surface area is 74.8 Å². The van der Waals surface area contributed by atoms with Gasteiger partial charge in [-0.25, -0.2) is 9.13 Å². The van der Waals surface area contributed by atoms with Crippen LogP contribution in [0.3, 0.4) is 0 Å². The van der Waals surface area contributed by atoms with E-state index in [0.29, 0.717) is 0 Å². The van der Waals surface area contributed by atoms with Crippen LogP contribution in [0.25, 0.3) is 0 Å². The molecule has 2 nitrogen and oxygen atoms in total. The fraction of sp³-hybridized carbons (Fsp3) is 0.700. The molecule has 0 aliphatic carbocycles. The SMILES string of the molecule is CCC(C)C[n+]1ccn(CC)c1. The van der Waals surface area contributed by atoms with E-state index in [1.54, 1.807) is 0 Å². The van der Waals surface area contributed by atoms with Crippen molar-refractivity contribution in [2.45, 2.75) is 40.3 Å². The number of rotatable bonds is 4. The standard InChI is InChI=1S/C10H19N2/c1-4-10(3)8-12-7-6-11(5-2)9-12/h6-7,9-10H,4-5,8H2,1-3H3/q+1. The molecule has 0 bridgehead atoms. The molecule has 1 rings (SSSR count). The molecular weight excluding hydrogens is 148 g/mol. The predicted octanol–water partition coefficient (Wildman–Crippen LogP) is 1.84. The maximum Gasteiger partial charge on any atom is 0.243 e. The van der Waals surface area contributed by atoms with Crippen molar-refractivity contribution in [3.8, 4) is 0 Å². The minimum absolute atomic E-state index is 0.780. The van der Waals surface area contributed by atoms with Crippen molar-refractivity contribution >= 4 is 0 Å². The lowest BCUT2D eigenvalue weighted by molar-refractivity contribution is -0.702. The van der Waals surface area contributed by atoms with E-state index in [2.05, 4.69) is 48.6 Å². The summed E-state index contributed by atoms with van der Waals surface area (Å²) in [4.78, 5) is 0. The minimum Gasteiger partial charge on any atom is -0.237 e.